The highest BCUT2D eigenvalue weighted by Crippen LogP contribution is 2.21. The minimum Gasteiger partial charge on any atom is -0.475 e. The van der Waals surface area contributed by atoms with Gasteiger partial charge in [-0.3, -0.25) is 4.98 Å². The molecule has 3 rings (SSSR count). The Bertz CT molecular complexity index is 701. The third-order valence-electron chi connectivity index (χ3n) is 2.17. The fourth-order valence-electron chi connectivity index (χ4n) is 1.42. The van der Waals surface area contributed by atoms with E-state index < -0.39 is 5.97 Å². The van der Waals surface area contributed by atoms with Crippen LogP contribution in [0.4, 0.5) is 0 Å². The van der Waals surface area contributed by atoms with Crippen LogP contribution in [0.3, 0.4) is 0 Å². The predicted molar refractivity (Wildman–Crippen MR) is 53.2 cm³/mol. The van der Waals surface area contributed by atoms with Crippen LogP contribution < -0.4 is 0 Å². The lowest BCUT2D eigenvalue weighted by molar-refractivity contribution is 0.0680. The average Bonchev–Trinajstić information content (AvgIpc) is 2.95. The van der Waals surface area contributed by atoms with Gasteiger partial charge in [0.15, 0.2) is 0 Å². The molecule has 0 bridgehead atoms. The van der Waals surface area contributed by atoms with E-state index in [9.17, 15) is 4.79 Å². The third kappa shape index (κ3) is 1.42. The molecule has 3 aromatic rings. The summed E-state index contributed by atoms with van der Waals surface area (Å²) >= 11 is 0. The number of carboxylic acids is 1. The Morgan fingerprint density at radius 3 is 3.06 bits per heavy atom. The molecule has 0 amide bonds. The zero-order chi connectivity index (χ0) is 11.8. The molecule has 0 radical (unpaired) electrons. The molecule has 0 aliphatic heterocycles. The Morgan fingerprint density at radius 2 is 2.29 bits per heavy atom. The summed E-state index contributed by atoms with van der Waals surface area (Å²) in [5.41, 5.74) is 1.20. The van der Waals surface area contributed by atoms with Crippen LogP contribution in [0, 0.1) is 0 Å². The van der Waals surface area contributed by atoms with E-state index in [1.54, 1.807) is 23.1 Å². The van der Waals surface area contributed by atoms with Crippen molar-refractivity contribution in [1.29, 1.82) is 0 Å². The largest absolute Gasteiger partial charge is 0.475 e. The Labute approximate surface area is 93.5 Å². The van der Waals surface area contributed by atoms with Gasteiger partial charge < -0.3 is 9.63 Å². The fourth-order valence-corrected chi connectivity index (χ4v) is 1.42. The first-order valence-corrected chi connectivity index (χ1v) is 4.60. The van der Waals surface area contributed by atoms with Crippen LogP contribution in [0.5, 0.6) is 0 Å². The van der Waals surface area contributed by atoms with Crippen LogP contribution in [0.1, 0.15) is 10.6 Å². The van der Waals surface area contributed by atoms with Crippen molar-refractivity contribution in [3.63, 3.8) is 0 Å². The highest BCUT2D eigenvalue weighted by atomic mass is 16.5. The zero-order valence-electron chi connectivity index (χ0n) is 8.31. The molecular formula is C9H5N5O3. The van der Waals surface area contributed by atoms with Crippen LogP contribution in [0.15, 0.2) is 29.3 Å². The van der Waals surface area contributed by atoms with Crippen molar-refractivity contribution in [3.05, 3.63) is 30.6 Å². The SMILES string of the molecule is O=C(O)c1noc(-c2cnn3ccncc23)n1. The molecule has 0 atom stereocenters. The molecule has 0 saturated heterocycles. The molecule has 1 N–H and O–H groups in total. The highest BCUT2D eigenvalue weighted by molar-refractivity contribution is 5.84. The van der Waals surface area contributed by atoms with E-state index in [4.69, 9.17) is 9.63 Å². The summed E-state index contributed by atoms with van der Waals surface area (Å²) in [7, 11) is 0. The molecule has 0 aliphatic carbocycles. The number of aromatic nitrogens is 5. The molecule has 0 aromatic carbocycles. The molecule has 3 heterocycles. The van der Waals surface area contributed by atoms with E-state index in [1.165, 1.54) is 6.20 Å². The standard InChI is InChI=1S/C9H5N5O3/c15-9(16)7-12-8(17-13-7)5-3-11-14-2-1-10-4-6(5)14/h1-4H,(H,15,16). The molecule has 0 fully saturated rings. The quantitative estimate of drug-likeness (QED) is 0.683. The van der Waals surface area contributed by atoms with Crippen molar-refractivity contribution in [2.75, 3.05) is 0 Å². The first-order chi connectivity index (χ1) is 8.25. The maximum absolute atomic E-state index is 10.6. The number of fused-ring (bicyclic) bond motifs is 1. The Balaban J connectivity index is 2.17. The lowest BCUT2D eigenvalue weighted by Gasteiger charge is -1.91. The van der Waals surface area contributed by atoms with Crippen molar-refractivity contribution in [2.24, 2.45) is 0 Å². The van der Waals surface area contributed by atoms with Gasteiger partial charge in [0, 0.05) is 12.4 Å². The minimum atomic E-state index is -1.24. The lowest BCUT2D eigenvalue weighted by atomic mass is 10.3. The maximum Gasteiger partial charge on any atom is 0.377 e. The van der Waals surface area contributed by atoms with Gasteiger partial charge in [-0.2, -0.15) is 10.1 Å². The monoisotopic (exact) mass is 231 g/mol. The summed E-state index contributed by atoms with van der Waals surface area (Å²) in [6.07, 6.45) is 6.33. The minimum absolute atomic E-state index is 0.102. The van der Waals surface area contributed by atoms with Crippen LogP contribution in [0.25, 0.3) is 17.0 Å². The summed E-state index contributed by atoms with van der Waals surface area (Å²) in [6.45, 7) is 0. The van der Waals surface area contributed by atoms with Crippen molar-refractivity contribution in [1.82, 2.24) is 24.7 Å². The molecule has 17 heavy (non-hydrogen) atoms. The molecular weight excluding hydrogens is 226 g/mol. The van der Waals surface area contributed by atoms with Crippen LogP contribution in [-0.2, 0) is 0 Å². The third-order valence-corrected chi connectivity index (χ3v) is 2.17. The summed E-state index contributed by atoms with van der Waals surface area (Å²) in [5.74, 6) is -1.52. The van der Waals surface area contributed by atoms with Gasteiger partial charge in [-0.25, -0.2) is 9.31 Å². The number of carboxylic acid groups (broad SMARTS) is 1. The molecule has 0 unspecified atom stereocenters. The van der Waals surface area contributed by atoms with Gasteiger partial charge in [-0.05, 0) is 5.16 Å². The second-order valence-corrected chi connectivity index (χ2v) is 3.19. The van der Waals surface area contributed by atoms with Crippen LogP contribution in [-0.4, -0.2) is 35.8 Å². The summed E-state index contributed by atoms with van der Waals surface area (Å²) in [6, 6.07) is 0. The Hall–Kier alpha value is -2.77. The second kappa shape index (κ2) is 3.37. The van der Waals surface area contributed by atoms with Gasteiger partial charge in [-0.15, -0.1) is 0 Å². The van der Waals surface area contributed by atoms with E-state index in [0.717, 1.165) is 0 Å². The molecule has 3 aromatic heterocycles. The average molecular weight is 231 g/mol. The Kier molecular flexibility index (Phi) is 1.87. The predicted octanol–water partition coefficient (Wildman–Crippen LogP) is 0.477. The number of hydrogen-bond acceptors (Lipinski definition) is 6. The van der Waals surface area contributed by atoms with Gasteiger partial charge in [0.25, 0.3) is 11.7 Å². The molecule has 8 heteroatoms. The lowest BCUT2D eigenvalue weighted by Crippen LogP contribution is -1.98. The van der Waals surface area contributed by atoms with E-state index in [2.05, 4.69) is 20.2 Å². The Morgan fingerprint density at radius 1 is 1.41 bits per heavy atom. The normalized spacial score (nSPS) is 10.8. The van der Waals surface area contributed by atoms with Crippen molar-refractivity contribution in [2.45, 2.75) is 0 Å². The van der Waals surface area contributed by atoms with Gasteiger partial charge in [0.2, 0.25) is 0 Å². The van der Waals surface area contributed by atoms with Crippen molar-refractivity contribution in [3.8, 4) is 11.5 Å². The van der Waals surface area contributed by atoms with Gasteiger partial charge >= 0.3 is 5.97 Å². The van der Waals surface area contributed by atoms with Gasteiger partial charge in [-0.1, -0.05) is 0 Å². The zero-order valence-corrected chi connectivity index (χ0v) is 8.31. The van der Waals surface area contributed by atoms with Crippen molar-refractivity contribution < 1.29 is 14.4 Å². The molecule has 0 saturated carbocycles. The maximum atomic E-state index is 10.6. The molecule has 8 nitrogen and oxygen atoms in total. The number of carbonyl (C=O) groups is 1. The fraction of sp³-hybridized carbons (Fsp3) is 0. The number of aromatic carboxylic acids is 1. The van der Waals surface area contributed by atoms with Gasteiger partial charge in [0.1, 0.15) is 0 Å². The molecule has 84 valence electrons. The number of rotatable bonds is 2. The van der Waals surface area contributed by atoms with Crippen LogP contribution in [0.2, 0.25) is 0 Å². The molecule has 0 aliphatic rings. The summed E-state index contributed by atoms with van der Waals surface area (Å²) in [4.78, 5) is 18.3. The van der Waals surface area contributed by atoms with Crippen molar-refractivity contribution >= 4 is 11.5 Å². The second-order valence-electron chi connectivity index (χ2n) is 3.19. The number of nitrogens with zero attached hydrogens (tertiary/aromatic N) is 5. The first kappa shape index (κ1) is 9.46. The first-order valence-electron chi connectivity index (χ1n) is 4.60. The highest BCUT2D eigenvalue weighted by Gasteiger charge is 2.17. The summed E-state index contributed by atoms with van der Waals surface area (Å²) < 4.78 is 6.43. The topological polar surface area (TPSA) is 106 Å². The number of hydrogen-bond donors (Lipinski definition) is 1. The van der Waals surface area contributed by atoms with E-state index in [-0.39, 0.29) is 11.7 Å². The smallest absolute Gasteiger partial charge is 0.377 e. The van der Waals surface area contributed by atoms with E-state index >= 15 is 0 Å². The summed E-state index contributed by atoms with van der Waals surface area (Å²) in [5, 5.41) is 16.1. The van der Waals surface area contributed by atoms with E-state index in [1.807, 2.05) is 0 Å². The van der Waals surface area contributed by atoms with E-state index in [0.29, 0.717) is 11.1 Å². The molecule has 0 spiro atoms. The van der Waals surface area contributed by atoms with Crippen LogP contribution >= 0.6 is 0 Å². The van der Waals surface area contributed by atoms with Gasteiger partial charge in [0.05, 0.1) is 23.5 Å².